The number of esters is 1. The number of benzene rings is 2. The standard InChI is InChI=1S/C22H22Cl2N2O3S/c1-5-28-20(27)16-17-14-9-13(23)10-15(24)19(14)29-22(16,4)26(21(30)25-17)18-11(2)7-6-8-12(18)3/h6-10,16-17H,5H2,1-4H3,(H,25,30)/t16-,17-,22-/m0/s1. The zero-order valence-electron chi connectivity index (χ0n) is 17.1. The Morgan fingerprint density at radius 3 is 2.60 bits per heavy atom. The normalized spacial score (nSPS) is 24.6. The topological polar surface area (TPSA) is 50.8 Å². The zero-order valence-corrected chi connectivity index (χ0v) is 19.4. The van der Waals surface area contributed by atoms with Crippen molar-refractivity contribution < 1.29 is 14.3 Å². The molecule has 0 aliphatic carbocycles. The van der Waals surface area contributed by atoms with Crippen LogP contribution in [0.1, 0.15) is 36.6 Å². The third-order valence-electron chi connectivity index (χ3n) is 5.72. The van der Waals surface area contributed by atoms with Gasteiger partial charge in [0.2, 0.25) is 5.72 Å². The summed E-state index contributed by atoms with van der Waals surface area (Å²) >= 11 is 18.5. The number of halogens is 2. The molecule has 0 spiro atoms. The fourth-order valence-electron chi connectivity index (χ4n) is 4.49. The van der Waals surface area contributed by atoms with E-state index in [2.05, 4.69) is 5.32 Å². The van der Waals surface area contributed by atoms with E-state index in [9.17, 15) is 4.79 Å². The minimum Gasteiger partial charge on any atom is -0.466 e. The largest absolute Gasteiger partial charge is 0.466 e. The van der Waals surface area contributed by atoms with Crippen LogP contribution >= 0.6 is 35.4 Å². The molecule has 0 radical (unpaired) electrons. The maximum atomic E-state index is 13.2. The van der Waals surface area contributed by atoms with Crippen LogP contribution in [0, 0.1) is 19.8 Å². The fourth-order valence-corrected chi connectivity index (χ4v) is 5.44. The van der Waals surface area contributed by atoms with E-state index in [4.69, 9.17) is 44.9 Å². The van der Waals surface area contributed by atoms with Crippen LogP contribution in [0.3, 0.4) is 0 Å². The van der Waals surface area contributed by atoms with E-state index >= 15 is 0 Å². The second-order valence-electron chi connectivity index (χ2n) is 7.70. The number of carbonyl (C=O) groups excluding carboxylic acids is 1. The first-order valence-corrected chi connectivity index (χ1v) is 10.9. The van der Waals surface area contributed by atoms with Crippen LogP contribution in [0.2, 0.25) is 10.0 Å². The molecule has 2 aromatic carbocycles. The summed E-state index contributed by atoms with van der Waals surface area (Å²) in [5, 5.41) is 4.63. The van der Waals surface area contributed by atoms with Gasteiger partial charge in [-0.15, -0.1) is 0 Å². The highest BCUT2D eigenvalue weighted by molar-refractivity contribution is 7.80. The summed E-state index contributed by atoms with van der Waals surface area (Å²) in [5.41, 5.74) is 2.45. The highest BCUT2D eigenvalue weighted by atomic mass is 35.5. The van der Waals surface area contributed by atoms with Gasteiger partial charge < -0.3 is 14.8 Å². The summed E-state index contributed by atoms with van der Waals surface area (Å²) in [6, 6.07) is 8.89. The van der Waals surface area contributed by atoms with Crippen molar-refractivity contribution in [2.45, 2.75) is 39.5 Å². The van der Waals surface area contributed by atoms with Crippen LogP contribution in [0.15, 0.2) is 30.3 Å². The molecule has 2 heterocycles. The molecular weight excluding hydrogens is 443 g/mol. The number of nitrogens with zero attached hydrogens (tertiary/aromatic N) is 1. The van der Waals surface area contributed by atoms with Gasteiger partial charge in [0.15, 0.2) is 5.11 Å². The van der Waals surface area contributed by atoms with Crippen molar-refractivity contribution in [2.24, 2.45) is 5.92 Å². The first-order chi connectivity index (χ1) is 14.2. The van der Waals surface area contributed by atoms with Crippen molar-refractivity contribution in [2.75, 3.05) is 11.5 Å². The Morgan fingerprint density at radius 1 is 1.30 bits per heavy atom. The molecule has 0 amide bonds. The van der Waals surface area contributed by atoms with E-state index in [1.807, 2.05) is 43.9 Å². The maximum Gasteiger partial charge on any atom is 0.317 e. The van der Waals surface area contributed by atoms with E-state index in [-0.39, 0.29) is 12.6 Å². The van der Waals surface area contributed by atoms with Gasteiger partial charge in [-0.3, -0.25) is 9.69 Å². The molecule has 2 aliphatic heterocycles. The molecule has 2 aliphatic rings. The molecule has 4 rings (SSSR count). The Hall–Kier alpha value is -2.02. The van der Waals surface area contributed by atoms with E-state index in [1.54, 1.807) is 19.1 Å². The summed E-state index contributed by atoms with van der Waals surface area (Å²) in [5.74, 6) is -0.594. The van der Waals surface area contributed by atoms with E-state index in [1.165, 1.54) is 0 Å². The molecule has 158 valence electrons. The van der Waals surface area contributed by atoms with Crippen molar-refractivity contribution in [3.05, 3.63) is 57.1 Å². The molecule has 5 nitrogen and oxygen atoms in total. The van der Waals surface area contributed by atoms with E-state index < -0.39 is 17.7 Å². The number of aryl methyl sites for hydroxylation is 2. The number of hydrogen-bond acceptors (Lipinski definition) is 4. The molecular formula is C22H22Cl2N2O3S. The Bertz CT molecular complexity index is 1040. The number of fused-ring (bicyclic) bond motifs is 4. The molecule has 0 saturated carbocycles. The van der Waals surface area contributed by atoms with Gasteiger partial charge in [0.1, 0.15) is 11.7 Å². The number of hydrogen-bond donors (Lipinski definition) is 1. The Balaban J connectivity index is 1.97. The third kappa shape index (κ3) is 3.13. The van der Waals surface area contributed by atoms with E-state index in [0.29, 0.717) is 26.5 Å². The molecule has 1 saturated heterocycles. The monoisotopic (exact) mass is 464 g/mol. The third-order valence-corrected chi connectivity index (χ3v) is 6.52. The fraction of sp³-hybridized carbons (Fsp3) is 0.364. The van der Waals surface area contributed by atoms with Crippen molar-refractivity contribution in [1.29, 1.82) is 0 Å². The lowest BCUT2D eigenvalue weighted by molar-refractivity contribution is -0.159. The van der Waals surface area contributed by atoms with Crippen LogP contribution in [0.25, 0.3) is 0 Å². The van der Waals surface area contributed by atoms with Gasteiger partial charge in [-0.25, -0.2) is 0 Å². The summed E-state index contributed by atoms with van der Waals surface area (Å²) < 4.78 is 12.0. The Labute approximate surface area is 191 Å². The zero-order chi connectivity index (χ0) is 21.8. The summed E-state index contributed by atoms with van der Waals surface area (Å²) in [4.78, 5) is 15.0. The predicted molar refractivity (Wildman–Crippen MR) is 122 cm³/mol. The molecule has 0 aromatic heterocycles. The van der Waals surface area contributed by atoms with Crippen molar-refractivity contribution in [3.63, 3.8) is 0 Å². The number of carbonyl (C=O) groups is 1. The first kappa shape index (κ1) is 21.2. The highest BCUT2D eigenvalue weighted by Crippen LogP contribution is 2.53. The van der Waals surface area contributed by atoms with E-state index in [0.717, 1.165) is 16.8 Å². The van der Waals surface area contributed by atoms with Crippen LogP contribution in [0.4, 0.5) is 5.69 Å². The Kier molecular flexibility index (Phi) is 5.37. The minimum absolute atomic E-state index is 0.259. The Morgan fingerprint density at radius 2 is 1.97 bits per heavy atom. The second-order valence-corrected chi connectivity index (χ2v) is 8.93. The maximum absolute atomic E-state index is 13.2. The van der Waals surface area contributed by atoms with Gasteiger partial charge in [0.25, 0.3) is 0 Å². The van der Waals surface area contributed by atoms with Gasteiger partial charge in [-0.2, -0.15) is 0 Å². The second kappa shape index (κ2) is 7.59. The minimum atomic E-state index is -1.15. The molecule has 0 unspecified atom stereocenters. The average molecular weight is 465 g/mol. The molecule has 3 atom stereocenters. The van der Waals surface area contributed by atoms with Crippen LogP contribution in [0.5, 0.6) is 5.75 Å². The van der Waals surface area contributed by atoms with Gasteiger partial charge in [-0.1, -0.05) is 41.4 Å². The lowest BCUT2D eigenvalue weighted by Crippen LogP contribution is -2.72. The van der Waals surface area contributed by atoms with Crippen molar-refractivity contribution in [3.8, 4) is 5.75 Å². The van der Waals surface area contributed by atoms with Gasteiger partial charge in [-0.05, 0) is 63.2 Å². The summed E-state index contributed by atoms with van der Waals surface area (Å²) in [6.45, 7) is 7.90. The van der Waals surface area contributed by atoms with Crippen LogP contribution in [-0.4, -0.2) is 23.4 Å². The van der Waals surface area contributed by atoms with Gasteiger partial charge >= 0.3 is 5.97 Å². The van der Waals surface area contributed by atoms with Gasteiger partial charge in [0, 0.05) is 10.6 Å². The predicted octanol–water partition coefficient (Wildman–Crippen LogP) is 5.33. The number of ether oxygens (including phenoxy) is 2. The SMILES string of the molecule is CCOC(=O)[C@@H]1[C@H]2NC(=S)N(c3c(C)cccc3C)[C@@]1(C)Oc1c(Cl)cc(Cl)cc12. The van der Waals surface area contributed by atoms with Crippen molar-refractivity contribution >= 4 is 52.2 Å². The van der Waals surface area contributed by atoms with Crippen molar-refractivity contribution in [1.82, 2.24) is 5.32 Å². The average Bonchev–Trinajstić information content (AvgIpc) is 2.65. The lowest BCUT2D eigenvalue weighted by Gasteiger charge is -2.56. The number of rotatable bonds is 3. The number of nitrogens with one attached hydrogen (secondary N) is 1. The highest BCUT2D eigenvalue weighted by Gasteiger charge is 2.60. The lowest BCUT2D eigenvalue weighted by atomic mass is 9.79. The molecule has 8 heteroatoms. The van der Waals surface area contributed by atoms with Crippen LogP contribution in [-0.2, 0) is 9.53 Å². The smallest absolute Gasteiger partial charge is 0.317 e. The number of para-hydroxylation sites is 1. The van der Waals surface area contributed by atoms with Crippen LogP contribution < -0.4 is 15.0 Å². The number of anilines is 1. The van der Waals surface area contributed by atoms with Gasteiger partial charge in [0.05, 0.1) is 23.4 Å². The quantitative estimate of drug-likeness (QED) is 0.488. The summed E-state index contributed by atoms with van der Waals surface area (Å²) in [7, 11) is 0. The first-order valence-electron chi connectivity index (χ1n) is 9.70. The molecule has 1 fully saturated rings. The molecule has 2 aromatic rings. The molecule has 2 bridgehead atoms. The number of thiocarbonyl (C=S) groups is 1. The molecule has 1 N–H and O–H groups in total. The summed E-state index contributed by atoms with van der Waals surface area (Å²) in [6.07, 6.45) is 0. The molecule has 30 heavy (non-hydrogen) atoms.